The summed E-state index contributed by atoms with van der Waals surface area (Å²) in [5, 5.41) is 5.90. The van der Waals surface area contributed by atoms with Crippen LogP contribution in [-0.2, 0) is 20.8 Å². The first-order valence-corrected chi connectivity index (χ1v) is 11.0. The number of carbonyl (C=O) groups is 3. The first-order chi connectivity index (χ1) is 15.4. The molecule has 0 aromatic heterocycles. The van der Waals surface area contributed by atoms with Gasteiger partial charge in [0.1, 0.15) is 11.8 Å². The summed E-state index contributed by atoms with van der Waals surface area (Å²) >= 11 is 0. The van der Waals surface area contributed by atoms with Gasteiger partial charge in [-0.05, 0) is 43.0 Å². The van der Waals surface area contributed by atoms with Gasteiger partial charge in [0.15, 0.2) is 0 Å². The van der Waals surface area contributed by atoms with Crippen molar-refractivity contribution in [3.63, 3.8) is 0 Å². The predicted octanol–water partition coefficient (Wildman–Crippen LogP) is 2.36. The number of amides is 3. The van der Waals surface area contributed by atoms with Crippen molar-refractivity contribution in [1.82, 2.24) is 10.6 Å². The highest BCUT2D eigenvalue weighted by atomic mass is 16.5. The van der Waals surface area contributed by atoms with Crippen molar-refractivity contribution in [3.8, 4) is 5.75 Å². The van der Waals surface area contributed by atoms with Crippen LogP contribution >= 0.6 is 0 Å². The van der Waals surface area contributed by atoms with Crippen LogP contribution in [0.3, 0.4) is 0 Å². The molecule has 1 aliphatic carbocycles. The van der Waals surface area contributed by atoms with Crippen LogP contribution in [0.15, 0.2) is 48.5 Å². The maximum atomic E-state index is 13.1. The SMILES string of the molecule is COc1ccc(C)cc1N1CC(C(=O)NC(Cc2ccccc2)C(=O)NC2CC2)CC1=O. The Balaban J connectivity index is 1.46. The molecule has 4 rings (SSSR count). The van der Waals surface area contributed by atoms with Gasteiger partial charge in [0.2, 0.25) is 17.7 Å². The maximum absolute atomic E-state index is 13.1. The minimum absolute atomic E-state index is 0.102. The van der Waals surface area contributed by atoms with E-state index in [9.17, 15) is 14.4 Å². The molecule has 168 valence electrons. The zero-order chi connectivity index (χ0) is 22.7. The van der Waals surface area contributed by atoms with Crippen molar-refractivity contribution in [1.29, 1.82) is 0 Å². The highest BCUT2D eigenvalue weighted by Gasteiger charge is 2.38. The Morgan fingerprint density at radius 1 is 1.16 bits per heavy atom. The smallest absolute Gasteiger partial charge is 0.243 e. The normalized spacial score (nSPS) is 18.9. The number of rotatable bonds is 8. The van der Waals surface area contributed by atoms with E-state index < -0.39 is 12.0 Å². The standard InChI is InChI=1S/C25H29N3O4/c1-16-8-11-22(32-2)21(12-16)28-15-18(14-23(28)29)24(30)27-20(25(31)26-19-9-10-19)13-17-6-4-3-5-7-17/h3-8,11-12,18-20H,9-10,13-15H2,1-2H3,(H,26,31)(H,27,30). The van der Waals surface area contributed by atoms with Crippen molar-refractivity contribution in [2.45, 2.75) is 44.7 Å². The molecule has 2 aromatic rings. The van der Waals surface area contributed by atoms with E-state index in [2.05, 4.69) is 10.6 Å². The molecule has 2 N–H and O–H groups in total. The van der Waals surface area contributed by atoms with E-state index in [1.807, 2.05) is 55.5 Å². The number of aryl methyl sites for hydroxylation is 1. The third-order valence-corrected chi connectivity index (χ3v) is 5.96. The van der Waals surface area contributed by atoms with Gasteiger partial charge < -0.3 is 20.3 Å². The molecule has 32 heavy (non-hydrogen) atoms. The lowest BCUT2D eigenvalue weighted by Gasteiger charge is -2.22. The largest absolute Gasteiger partial charge is 0.495 e. The van der Waals surface area contributed by atoms with Crippen molar-refractivity contribution in [3.05, 3.63) is 59.7 Å². The summed E-state index contributed by atoms with van der Waals surface area (Å²) in [5.41, 5.74) is 2.64. The number of methoxy groups -OCH3 is 1. The summed E-state index contributed by atoms with van der Waals surface area (Å²) in [4.78, 5) is 40.2. The van der Waals surface area contributed by atoms with E-state index in [1.165, 1.54) is 0 Å². The fourth-order valence-electron chi connectivity index (χ4n) is 4.01. The molecule has 7 heteroatoms. The monoisotopic (exact) mass is 435 g/mol. The number of nitrogens with zero attached hydrogens (tertiary/aromatic N) is 1. The molecule has 2 atom stereocenters. The fraction of sp³-hybridized carbons (Fsp3) is 0.400. The quantitative estimate of drug-likeness (QED) is 0.666. The van der Waals surface area contributed by atoms with Crippen LogP contribution in [0.25, 0.3) is 0 Å². The van der Waals surface area contributed by atoms with Gasteiger partial charge >= 0.3 is 0 Å². The second-order valence-electron chi connectivity index (χ2n) is 8.61. The minimum atomic E-state index is -0.678. The van der Waals surface area contributed by atoms with Crippen LogP contribution < -0.4 is 20.3 Å². The second kappa shape index (κ2) is 9.42. The van der Waals surface area contributed by atoms with Gasteiger partial charge in [0, 0.05) is 25.4 Å². The molecule has 2 fully saturated rings. The summed E-state index contributed by atoms with van der Waals surface area (Å²) in [7, 11) is 1.56. The van der Waals surface area contributed by atoms with E-state index in [0.717, 1.165) is 24.0 Å². The predicted molar refractivity (Wildman–Crippen MR) is 121 cm³/mol. The number of ether oxygens (including phenoxy) is 1. The van der Waals surface area contributed by atoms with Crippen LogP contribution in [0.4, 0.5) is 5.69 Å². The van der Waals surface area contributed by atoms with E-state index in [-0.39, 0.29) is 36.7 Å². The number of hydrogen-bond donors (Lipinski definition) is 2. The Kier molecular flexibility index (Phi) is 6.44. The first kappa shape index (κ1) is 21.9. The lowest BCUT2D eigenvalue weighted by molar-refractivity contribution is -0.131. The third-order valence-electron chi connectivity index (χ3n) is 5.96. The Morgan fingerprint density at radius 3 is 2.59 bits per heavy atom. The van der Waals surface area contributed by atoms with Gasteiger partial charge in [0.25, 0.3) is 0 Å². The fourth-order valence-corrected chi connectivity index (χ4v) is 4.01. The number of anilines is 1. The summed E-state index contributed by atoms with van der Waals surface area (Å²) in [6.45, 7) is 2.20. The van der Waals surface area contributed by atoms with E-state index in [4.69, 9.17) is 4.74 Å². The molecule has 2 unspecified atom stereocenters. The third kappa shape index (κ3) is 5.10. The van der Waals surface area contributed by atoms with Crippen LogP contribution in [0.5, 0.6) is 5.75 Å². The Labute approximate surface area is 188 Å². The summed E-state index contributed by atoms with van der Waals surface area (Å²) in [6, 6.07) is 14.8. The number of carbonyl (C=O) groups excluding carboxylic acids is 3. The van der Waals surface area contributed by atoms with Gasteiger partial charge in [0.05, 0.1) is 18.7 Å². The molecular weight excluding hydrogens is 406 g/mol. The molecule has 2 aromatic carbocycles. The Morgan fingerprint density at radius 2 is 1.91 bits per heavy atom. The lowest BCUT2D eigenvalue weighted by Crippen LogP contribution is -2.50. The first-order valence-electron chi connectivity index (χ1n) is 11.0. The average Bonchev–Trinajstić information content (AvgIpc) is 3.52. The topological polar surface area (TPSA) is 87.7 Å². The zero-order valence-electron chi connectivity index (χ0n) is 18.5. The van der Waals surface area contributed by atoms with Gasteiger partial charge in [-0.3, -0.25) is 14.4 Å². The molecule has 1 heterocycles. The number of hydrogen-bond acceptors (Lipinski definition) is 4. The van der Waals surface area contributed by atoms with E-state index >= 15 is 0 Å². The zero-order valence-corrected chi connectivity index (χ0v) is 18.5. The molecule has 0 radical (unpaired) electrons. The van der Waals surface area contributed by atoms with E-state index in [1.54, 1.807) is 12.0 Å². The summed E-state index contributed by atoms with van der Waals surface area (Å²) in [5.74, 6) is -0.517. The molecule has 2 aliphatic rings. The highest BCUT2D eigenvalue weighted by molar-refractivity contribution is 6.02. The molecule has 7 nitrogen and oxygen atoms in total. The highest BCUT2D eigenvalue weighted by Crippen LogP contribution is 2.34. The number of nitrogens with one attached hydrogen (secondary N) is 2. The molecular formula is C25H29N3O4. The molecule has 0 bridgehead atoms. The summed E-state index contributed by atoms with van der Waals surface area (Å²) < 4.78 is 5.41. The van der Waals surface area contributed by atoms with Crippen LogP contribution in [-0.4, -0.2) is 43.5 Å². The van der Waals surface area contributed by atoms with Crippen LogP contribution in [0.1, 0.15) is 30.4 Å². The van der Waals surface area contributed by atoms with Crippen LogP contribution in [0, 0.1) is 12.8 Å². The van der Waals surface area contributed by atoms with Gasteiger partial charge in [-0.15, -0.1) is 0 Å². The Hall–Kier alpha value is -3.35. The number of benzene rings is 2. The molecule has 0 spiro atoms. The van der Waals surface area contributed by atoms with Gasteiger partial charge in [-0.25, -0.2) is 0 Å². The summed E-state index contributed by atoms with van der Waals surface area (Å²) in [6.07, 6.45) is 2.46. The van der Waals surface area contributed by atoms with Crippen LogP contribution in [0.2, 0.25) is 0 Å². The molecule has 1 aliphatic heterocycles. The molecule has 1 saturated heterocycles. The Bertz CT molecular complexity index is 1000. The van der Waals surface area contributed by atoms with Gasteiger partial charge in [-0.1, -0.05) is 36.4 Å². The van der Waals surface area contributed by atoms with Crippen molar-refractivity contribution >= 4 is 23.4 Å². The minimum Gasteiger partial charge on any atom is -0.495 e. The maximum Gasteiger partial charge on any atom is 0.243 e. The van der Waals surface area contributed by atoms with Crippen molar-refractivity contribution in [2.24, 2.45) is 5.92 Å². The van der Waals surface area contributed by atoms with Crippen molar-refractivity contribution in [2.75, 3.05) is 18.6 Å². The lowest BCUT2D eigenvalue weighted by atomic mass is 10.0. The van der Waals surface area contributed by atoms with E-state index in [0.29, 0.717) is 17.9 Å². The second-order valence-corrected chi connectivity index (χ2v) is 8.61. The average molecular weight is 436 g/mol. The molecule has 1 saturated carbocycles. The van der Waals surface area contributed by atoms with Gasteiger partial charge in [-0.2, -0.15) is 0 Å². The molecule has 3 amide bonds. The van der Waals surface area contributed by atoms with Crippen molar-refractivity contribution < 1.29 is 19.1 Å².